The Morgan fingerprint density at radius 2 is 2.21 bits per heavy atom. The van der Waals surface area contributed by atoms with E-state index in [4.69, 9.17) is 4.52 Å². The van der Waals surface area contributed by atoms with E-state index < -0.39 is 0 Å². The molecule has 0 saturated carbocycles. The number of benzene rings is 1. The zero-order chi connectivity index (χ0) is 10.1. The average Bonchev–Trinajstić information content (AvgIpc) is 2.48. The van der Waals surface area contributed by atoms with Crippen LogP contribution >= 0.6 is 15.9 Å². The van der Waals surface area contributed by atoms with Gasteiger partial charge in [-0.2, -0.15) is 0 Å². The molecule has 3 nitrogen and oxygen atoms in total. The summed E-state index contributed by atoms with van der Waals surface area (Å²) in [6, 6.07) is 7.67. The molecule has 0 bridgehead atoms. The maximum absolute atomic E-state index is 11.1. The highest BCUT2D eigenvalue weighted by atomic mass is 79.9. The lowest BCUT2D eigenvalue weighted by molar-refractivity contribution is 0.393. The summed E-state index contributed by atoms with van der Waals surface area (Å²) in [5, 5.41) is 2.61. The fourth-order valence-electron chi connectivity index (χ4n) is 1.27. The lowest BCUT2D eigenvalue weighted by atomic mass is 10.1. The van der Waals surface area contributed by atoms with Gasteiger partial charge in [0.05, 0.1) is 11.3 Å². The maximum Gasteiger partial charge on any atom is 0.360 e. The molecule has 0 fully saturated rings. The highest BCUT2D eigenvalue weighted by molar-refractivity contribution is 9.10. The largest absolute Gasteiger partial charge is 0.360 e. The third kappa shape index (κ3) is 1.53. The van der Waals surface area contributed by atoms with Crippen molar-refractivity contribution in [3.8, 4) is 11.3 Å². The van der Waals surface area contributed by atoms with E-state index in [1.54, 1.807) is 6.92 Å². The van der Waals surface area contributed by atoms with Gasteiger partial charge in [-0.15, -0.1) is 0 Å². The summed E-state index contributed by atoms with van der Waals surface area (Å²) < 4.78 is 5.66. The summed E-state index contributed by atoms with van der Waals surface area (Å²) in [5.41, 5.74) is 1.95. The minimum atomic E-state index is -0.319. The second kappa shape index (κ2) is 3.46. The molecule has 1 N–H and O–H groups in total. The topological polar surface area (TPSA) is 46.0 Å². The summed E-state index contributed by atoms with van der Waals surface area (Å²) in [7, 11) is 0. The van der Waals surface area contributed by atoms with Crippen LogP contribution in [0.2, 0.25) is 0 Å². The Balaban J connectivity index is 2.60. The van der Waals surface area contributed by atoms with Gasteiger partial charge in [-0.25, -0.2) is 9.95 Å². The maximum atomic E-state index is 11.1. The zero-order valence-electron chi connectivity index (χ0n) is 7.50. The first-order chi connectivity index (χ1) is 6.68. The smallest absolute Gasteiger partial charge is 0.338 e. The fourth-order valence-corrected chi connectivity index (χ4v) is 1.67. The SMILES string of the molecule is Cc1c(-c2cccc(Br)c2)[nH]oc1=O. The molecule has 72 valence electrons. The first-order valence-corrected chi connectivity index (χ1v) is 4.92. The Labute approximate surface area is 88.8 Å². The van der Waals surface area contributed by atoms with E-state index in [1.165, 1.54) is 0 Å². The molecular weight excluding hydrogens is 246 g/mol. The molecule has 2 rings (SSSR count). The second-order valence-electron chi connectivity index (χ2n) is 3.00. The van der Waals surface area contributed by atoms with Gasteiger partial charge in [0.25, 0.3) is 0 Å². The van der Waals surface area contributed by atoms with Crippen molar-refractivity contribution in [2.45, 2.75) is 6.92 Å². The van der Waals surface area contributed by atoms with Crippen molar-refractivity contribution < 1.29 is 4.52 Å². The summed E-state index contributed by atoms with van der Waals surface area (Å²) in [4.78, 5) is 11.1. The van der Waals surface area contributed by atoms with Crippen LogP contribution in [0, 0.1) is 6.92 Å². The zero-order valence-corrected chi connectivity index (χ0v) is 9.09. The van der Waals surface area contributed by atoms with Crippen molar-refractivity contribution in [1.29, 1.82) is 0 Å². The first-order valence-electron chi connectivity index (χ1n) is 4.12. The molecule has 2 aromatic rings. The molecule has 14 heavy (non-hydrogen) atoms. The van der Waals surface area contributed by atoms with Crippen molar-refractivity contribution in [3.05, 3.63) is 44.7 Å². The Morgan fingerprint density at radius 1 is 1.43 bits per heavy atom. The first kappa shape index (κ1) is 9.27. The Kier molecular flexibility index (Phi) is 2.29. The van der Waals surface area contributed by atoms with Crippen LogP contribution in [0.5, 0.6) is 0 Å². The van der Waals surface area contributed by atoms with Crippen LogP contribution in [0.25, 0.3) is 11.3 Å². The van der Waals surface area contributed by atoms with Crippen LogP contribution in [0.4, 0.5) is 0 Å². The lowest BCUT2D eigenvalue weighted by Crippen LogP contribution is -1.95. The summed E-state index contributed by atoms with van der Waals surface area (Å²) >= 11 is 3.37. The number of rotatable bonds is 1. The van der Waals surface area contributed by atoms with E-state index in [0.29, 0.717) is 5.56 Å². The van der Waals surface area contributed by atoms with E-state index in [0.717, 1.165) is 15.7 Å². The molecule has 0 saturated heterocycles. The Bertz CT molecular complexity index is 513. The van der Waals surface area contributed by atoms with Crippen LogP contribution in [0.1, 0.15) is 5.56 Å². The molecule has 4 heteroatoms. The number of aromatic nitrogens is 1. The molecule has 0 aliphatic rings. The fraction of sp³-hybridized carbons (Fsp3) is 0.100. The van der Waals surface area contributed by atoms with E-state index >= 15 is 0 Å². The monoisotopic (exact) mass is 253 g/mol. The lowest BCUT2D eigenvalue weighted by Gasteiger charge is -1.98. The van der Waals surface area contributed by atoms with E-state index in [-0.39, 0.29) is 5.63 Å². The van der Waals surface area contributed by atoms with Crippen LogP contribution in [0.15, 0.2) is 38.1 Å². The van der Waals surface area contributed by atoms with Crippen molar-refractivity contribution in [2.24, 2.45) is 0 Å². The van der Waals surface area contributed by atoms with Gasteiger partial charge < -0.3 is 4.52 Å². The van der Waals surface area contributed by atoms with Gasteiger partial charge in [0.1, 0.15) is 0 Å². The molecule has 1 aromatic heterocycles. The molecule has 1 heterocycles. The van der Waals surface area contributed by atoms with Gasteiger partial charge in [-0.1, -0.05) is 28.1 Å². The van der Waals surface area contributed by atoms with E-state index in [2.05, 4.69) is 21.1 Å². The molecule has 0 spiro atoms. The minimum Gasteiger partial charge on any atom is -0.338 e. The number of hydrogen-bond acceptors (Lipinski definition) is 2. The number of nitrogens with one attached hydrogen (secondary N) is 1. The predicted molar refractivity (Wildman–Crippen MR) is 57.2 cm³/mol. The highest BCUT2D eigenvalue weighted by Crippen LogP contribution is 2.22. The van der Waals surface area contributed by atoms with E-state index in [9.17, 15) is 4.79 Å². The summed E-state index contributed by atoms with van der Waals surface area (Å²) in [6.45, 7) is 1.73. The van der Waals surface area contributed by atoms with E-state index in [1.807, 2.05) is 24.3 Å². The van der Waals surface area contributed by atoms with Crippen LogP contribution in [-0.4, -0.2) is 5.16 Å². The molecule has 0 aliphatic carbocycles. The quantitative estimate of drug-likeness (QED) is 0.850. The molecular formula is C10H8BrNO2. The predicted octanol–water partition coefficient (Wildman–Crippen LogP) is 2.71. The van der Waals surface area contributed by atoms with Crippen LogP contribution in [-0.2, 0) is 0 Å². The van der Waals surface area contributed by atoms with Crippen LogP contribution in [0.3, 0.4) is 0 Å². The molecule has 0 unspecified atom stereocenters. The minimum absolute atomic E-state index is 0.319. The second-order valence-corrected chi connectivity index (χ2v) is 3.92. The Hall–Kier alpha value is -1.29. The highest BCUT2D eigenvalue weighted by Gasteiger charge is 2.08. The third-order valence-electron chi connectivity index (χ3n) is 2.04. The van der Waals surface area contributed by atoms with Gasteiger partial charge in [-0.05, 0) is 19.1 Å². The number of hydrogen-bond donors (Lipinski definition) is 1. The molecule has 0 aliphatic heterocycles. The van der Waals surface area contributed by atoms with Crippen molar-refractivity contribution >= 4 is 15.9 Å². The number of H-pyrrole nitrogens is 1. The summed E-state index contributed by atoms with van der Waals surface area (Å²) in [5.74, 6) is 0. The molecule has 1 aromatic carbocycles. The van der Waals surface area contributed by atoms with Crippen molar-refractivity contribution in [3.63, 3.8) is 0 Å². The average molecular weight is 254 g/mol. The van der Waals surface area contributed by atoms with Gasteiger partial charge in [0, 0.05) is 10.0 Å². The van der Waals surface area contributed by atoms with Crippen molar-refractivity contribution in [1.82, 2.24) is 5.16 Å². The van der Waals surface area contributed by atoms with Gasteiger partial charge >= 0.3 is 5.63 Å². The summed E-state index contributed by atoms with van der Waals surface area (Å²) in [6.07, 6.45) is 0. The normalized spacial score (nSPS) is 10.4. The third-order valence-corrected chi connectivity index (χ3v) is 2.53. The standard InChI is InChI=1S/C10H8BrNO2/c1-6-9(12-14-10(6)13)7-3-2-4-8(11)5-7/h2-5,12H,1H3. The Morgan fingerprint density at radius 3 is 2.79 bits per heavy atom. The van der Waals surface area contributed by atoms with Gasteiger partial charge in [0.2, 0.25) is 0 Å². The molecule has 0 amide bonds. The number of halogens is 1. The van der Waals surface area contributed by atoms with Crippen molar-refractivity contribution in [2.75, 3.05) is 0 Å². The number of aromatic amines is 1. The van der Waals surface area contributed by atoms with Crippen LogP contribution < -0.4 is 5.63 Å². The molecule has 0 radical (unpaired) electrons. The van der Waals surface area contributed by atoms with Gasteiger partial charge in [-0.3, -0.25) is 0 Å². The van der Waals surface area contributed by atoms with Gasteiger partial charge in [0.15, 0.2) is 0 Å². The molecule has 0 atom stereocenters.